The second-order valence-electron chi connectivity index (χ2n) is 3.51. The van der Waals surface area contributed by atoms with Gasteiger partial charge in [-0.05, 0) is 6.07 Å². The van der Waals surface area contributed by atoms with Crippen LogP contribution in [0.15, 0.2) is 18.2 Å². The third kappa shape index (κ3) is 5.54. The summed E-state index contributed by atoms with van der Waals surface area (Å²) >= 11 is 8.93. The lowest BCUT2D eigenvalue weighted by Crippen LogP contribution is -2.27. The third-order valence-corrected chi connectivity index (χ3v) is 2.65. The standard InChI is InChI=1S/C11H12BrClN2O4/c12-1-3-19-4-2-14-11(16)8-5-9(13)7-10(6-8)15(17)18/h5-7H,1-4H2,(H,14,16). The molecule has 104 valence electrons. The van der Waals surface area contributed by atoms with Gasteiger partial charge in [-0.25, -0.2) is 0 Å². The zero-order valence-corrected chi connectivity index (χ0v) is 12.2. The van der Waals surface area contributed by atoms with Crippen LogP contribution in [0.4, 0.5) is 5.69 Å². The van der Waals surface area contributed by atoms with Crippen molar-refractivity contribution < 1.29 is 14.5 Å². The van der Waals surface area contributed by atoms with E-state index in [2.05, 4.69) is 21.2 Å². The Morgan fingerprint density at radius 3 is 2.79 bits per heavy atom. The van der Waals surface area contributed by atoms with E-state index in [9.17, 15) is 14.9 Å². The van der Waals surface area contributed by atoms with Crippen molar-refractivity contribution in [2.45, 2.75) is 0 Å². The maximum atomic E-state index is 11.7. The number of carbonyl (C=O) groups excluding carboxylic acids is 1. The number of ether oxygens (including phenoxy) is 1. The van der Waals surface area contributed by atoms with Crippen molar-refractivity contribution in [3.05, 3.63) is 38.9 Å². The molecule has 0 fully saturated rings. The molecule has 0 heterocycles. The molecule has 0 atom stereocenters. The number of amides is 1. The highest BCUT2D eigenvalue weighted by atomic mass is 79.9. The summed E-state index contributed by atoms with van der Waals surface area (Å²) in [7, 11) is 0. The minimum atomic E-state index is -0.595. The minimum absolute atomic E-state index is 0.148. The Kier molecular flexibility index (Phi) is 6.75. The summed E-state index contributed by atoms with van der Waals surface area (Å²) in [5, 5.41) is 14.1. The van der Waals surface area contributed by atoms with Gasteiger partial charge in [0.05, 0.1) is 18.1 Å². The van der Waals surface area contributed by atoms with E-state index in [0.29, 0.717) is 19.8 Å². The summed E-state index contributed by atoms with van der Waals surface area (Å²) in [5.74, 6) is -0.423. The highest BCUT2D eigenvalue weighted by Gasteiger charge is 2.13. The lowest BCUT2D eigenvalue weighted by molar-refractivity contribution is -0.384. The fourth-order valence-electron chi connectivity index (χ4n) is 1.31. The van der Waals surface area contributed by atoms with E-state index in [1.54, 1.807) is 0 Å². The molecule has 0 saturated heterocycles. The lowest BCUT2D eigenvalue weighted by Gasteiger charge is -2.06. The maximum absolute atomic E-state index is 11.7. The molecule has 1 N–H and O–H groups in total. The number of nitrogens with one attached hydrogen (secondary N) is 1. The van der Waals surface area contributed by atoms with Crippen molar-refractivity contribution in [3.63, 3.8) is 0 Å². The summed E-state index contributed by atoms with van der Waals surface area (Å²) in [5.41, 5.74) is -0.0621. The first-order valence-corrected chi connectivity index (χ1v) is 6.91. The number of alkyl halides is 1. The largest absolute Gasteiger partial charge is 0.379 e. The number of nitro groups is 1. The first-order valence-electron chi connectivity index (χ1n) is 5.41. The van der Waals surface area contributed by atoms with Gasteiger partial charge in [0.1, 0.15) is 0 Å². The van der Waals surface area contributed by atoms with Crippen LogP contribution in [0.1, 0.15) is 10.4 Å². The number of carbonyl (C=O) groups is 1. The zero-order chi connectivity index (χ0) is 14.3. The van der Waals surface area contributed by atoms with E-state index >= 15 is 0 Å². The van der Waals surface area contributed by atoms with E-state index in [1.165, 1.54) is 18.2 Å². The number of nitro benzene ring substituents is 1. The van der Waals surface area contributed by atoms with Gasteiger partial charge < -0.3 is 10.1 Å². The quantitative estimate of drug-likeness (QED) is 0.354. The predicted octanol–water partition coefficient (Wildman–Crippen LogP) is 2.39. The van der Waals surface area contributed by atoms with E-state index in [-0.39, 0.29) is 16.3 Å². The number of rotatable bonds is 7. The number of non-ortho nitro benzene ring substituents is 1. The Balaban J connectivity index is 2.59. The second kappa shape index (κ2) is 8.08. The van der Waals surface area contributed by atoms with Gasteiger partial charge in [-0.1, -0.05) is 27.5 Å². The van der Waals surface area contributed by atoms with Crippen molar-refractivity contribution >= 4 is 39.1 Å². The Morgan fingerprint density at radius 1 is 1.42 bits per heavy atom. The van der Waals surface area contributed by atoms with E-state index in [4.69, 9.17) is 16.3 Å². The van der Waals surface area contributed by atoms with Crippen molar-refractivity contribution in [2.75, 3.05) is 25.1 Å². The zero-order valence-electron chi connectivity index (χ0n) is 9.90. The molecule has 0 unspecified atom stereocenters. The molecule has 1 amide bonds. The van der Waals surface area contributed by atoms with Crippen molar-refractivity contribution in [2.24, 2.45) is 0 Å². The molecule has 1 aromatic carbocycles. The predicted molar refractivity (Wildman–Crippen MR) is 75.1 cm³/mol. The molecule has 8 heteroatoms. The molecular formula is C11H12BrClN2O4. The molecule has 0 saturated carbocycles. The molecule has 6 nitrogen and oxygen atoms in total. The molecular weight excluding hydrogens is 339 g/mol. The second-order valence-corrected chi connectivity index (χ2v) is 4.74. The first-order chi connectivity index (χ1) is 9.04. The normalized spacial score (nSPS) is 10.2. The molecule has 0 aromatic heterocycles. The molecule has 1 rings (SSSR count). The molecule has 1 aromatic rings. The van der Waals surface area contributed by atoms with E-state index < -0.39 is 10.8 Å². The van der Waals surface area contributed by atoms with Crippen molar-refractivity contribution in [1.29, 1.82) is 0 Å². The third-order valence-electron chi connectivity index (χ3n) is 2.11. The van der Waals surface area contributed by atoms with Crippen LogP contribution in [-0.4, -0.2) is 35.9 Å². The van der Waals surface area contributed by atoms with Crippen LogP contribution in [-0.2, 0) is 4.74 Å². The van der Waals surface area contributed by atoms with Crippen molar-refractivity contribution in [1.82, 2.24) is 5.32 Å². The maximum Gasteiger partial charge on any atom is 0.271 e. The molecule has 0 spiro atoms. The summed E-state index contributed by atoms with van der Waals surface area (Å²) in [4.78, 5) is 21.8. The fraction of sp³-hybridized carbons (Fsp3) is 0.364. The van der Waals surface area contributed by atoms with Gasteiger partial charge in [-0.15, -0.1) is 0 Å². The molecule has 0 aliphatic heterocycles. The number of nitrogens with zero attached hydrogens (tertiary/aromatic N) is 1. The number of hydrogen-bond acceptors (Lipinski definition) is 4. The average molecular weight is 352 g/mol. The summed E-state index contributed by atoms with van der Waals surface area (Å²) in [6.45, 7) is 1.25. The number of hydrogen-bond donors (Lipinski definition) is 1. The van der Waals surface area contributed by atoms with Crippen molar-refractivity contribution in [3.8, 4) is 0 Å². The number of halogens is 2. The monoisotopic (exact) mass is 350 g/mol. The molecule has 0 aliphatic carbocycles. The van der Waals surface area contributed by atoms with Gasteiger partial charge >= 0.3 is 0 Å². The van der Waals surface area contributed by atoms with Crippen LogP contribution in [0.5, 0.6) is 0 Å². The minimum Gasteiger partial charge on any atom is -0.379 e. The summed E-state index contributed by atoms with van der Waals surface area (Å²) in [6.07, 6.45) is 0. The van der Waals surface area contributed by atoms with Crippen LogP contribution < -0.4 is 5.32 Å². The summed E-state index contributed by atoms with van der Waals surface area (Å²) in [6, 6.07) is 3.75. The Labute approximate surface area is 123 Å². The number of benzene rings is 1. The topological polar surface area (TPSA) is 81.5 Å². The van der Waals surface area contributed by atoms with Gasteiger partial charge in [-0.2, -0.15) is 0 Å². The first kappa shape index (κ1) is 15.9. The van der Waals surface area contributed by atoms with Gasteiger partial charge in [0.2, 0.25) is 0 Å². The van der Waals surface area contributed by atoms with Crippen LogP contribution >= 0.6 is 27.5 Å². The SMILES string of the molecule is O=C(NCCOCCBr)c1cc(Cl)cc([N+](=O)[O-])c1. The fourth-order valence-corrected chi connectivity index (χ4v) is 1.76. The van der Waals surface area contributed by atoms with Crippen LogP contribution in [0.25, 0.3) is 0 Å². The Bertz CT molecular complexity index is 470. The van der Waals surface area contributed by atoms with Crippen LogP contribution in [0.3, 0.4) is 0 Å². The lowest BCUT2D eigenvalue weighted by atomic mass is 10.2. The van der Waals surface area contributed by atoms with E-state index in [0.717, 1.165) is 5.33 Å². The Morgan fingerprint density at radius 2 is 2.16 bits per heavy atom. The van der Waals surface area contributed by atoms with Gasteiger partial charge in [0, 0.05) is 34.6 Å². The van der Waals surface area contributed by atoms with Crippen LogP contribution in [0, 0.1) is 10.1 Å². The smallest absolute Gasteiger partial charge is 0.271 e. The molecule has 0 bridgehead atoms. The molecule has 0 radical (unpaired) electrons. The van der Waals surface area contributed by atoms with E-state index in [1.807, 2.05) is 0 Å². The average Bonchev–Trinajstić information content (AvgIpc) is 2.37. The molecule has 19 heavy (non-hydrogen) atoms. The molecule has 0 aliphatic rings. The van der Waals surface area contributed by atoms with Gasteiger partial charge in [-0.3, -0.25) is 14.9 Å². The van der Waals surface area contributed by atoms with Gasteiger partial charge in [0.15, 0.2) is 0 Å². The Hall–Kier alpha value is -1.18. The highest BCUT2D eigenvalue weighted by Crippen LogP contribution is 2.20. The van der Waals surface area contributed by atoms with Gasteiger partial charge in [0.25, 0.3) is 11.6 Å². The summed E-state index contributed by atoms with van der Waals surface area (Å²) < 4.78 is 5.16. The highest BCUT2D eigenvalue weighted by molar-refractivity contribution is 9.09. The van der Waals surface area contributed by atoms with Crippen LogP contribution in [0.2, 0.25) is 5.02 Å².